The highest BCUT2D eigenvalue weighted by Crippen LogP contribution is 2.51. The van der Waals surface area contributed by atoms with Gasteiger partial charge in [-0.3, -0.25) is 0 Å². The molecule has 0 N–H and O–H groups in total. The summed E-state index contributed by atoms with van der Waals surface area (Å²) < 4.78 is 6.05. The Labute approximate surface area is 95.8 Å². The molecular weight excluding hydrogens is 215 g/mol. The van der Waals surface area contributed by atoms with Crippen LogP contribution in [0, 0.1) is 0 Å². The van der Waals surface area contributed by atoms with E-state index in [0.29, 0.717) is 0 Å². The molecule has 1 heterocycles. The lowest BCUT2D eigenvalue weighted by Gasteiger charge is -2.30. The molecule has 16 heavy (non-hydrogen) atoms. The van der Waals surface area contributed by atoms with Crippen LogP contribution in [0.15, 0.2) is 48.5 Å². The van der Waals surface area contributed by atoms with E-state index in [1.165, 1.54) is 16.4 Å². The Morgan fingerprint density at radius 1 is 0.938 bits per heavy atom. The predicted molar refractivity (Wildman–Crippen MR) is 72.1 cm³/mol. The number of hydrogen-bond acceptors (Lipinski definition) is 1. The van der Waals surface area contributed by atoms with Crippen LogP contribution in [0.4, 0.5) is 0 Å². The molecule has 1 aliphatic rings. The van der Waals surface area contributed by atoms with E-state index in [1.54, 1.807) is 0 Å². The van der Waals surface area contributed by atoms with E-state index in [4.69, 9.17) is 4.52 Å². The van der Waals surface area contributed by atoms with Gasteiger partial charge in [-0.2, -0.15) is 0 Å². The first-order valence-electron chi connectivity index (χ1n) is 5.28. The van der Waals surface area contributed by atoms with Gasteiger partial charge < -0.3 is 4.52 Å². The zero-order chi connectivity index (χ0) is 11.2. The first-order chi connectivity index (χ1) is 7.68. The number of rotatable bonds is 0. The molecule has 0 unspecified atom stereocenters. The van der Waals surface area contributed by atoms with Gasteiger partial charge in [0.05, 0.1) is 7.11 Å². The average Bonchev–Trinajstić information content (AvgIpc) is 2.29. The predicted octanol–water partition coefficient (Wildman–Crippen LogP) is 3.37. The fourth-order valence-corrected chi connectivity index (χ4v) is 3.95. The van der Waals surface area contributed by atoms with Crippen molar-refractivity contribution in [2.45, 2.75) is 0 Å². The summed E-state index contributed by atoms with van der Waals surface area (Å²) >= 11 is 0. The minimum absolute atomic E-state index is 0.965. The highest BCUT2D eigenvalue weighted by molar-refractivity contribution is 7.76. The molecule has 0 saturated carbocycles. The van der Waals surface area contributed by atoms with Gasteiger partial charge in [0.1, 0.15) is 5.75 Å². The Balaban J connectivity index is 2.38. The van der Waals surface area contributed by atoms with Gasteiger partial charge in [0.25, 0.3) is 0 Å². The largest absolute Gasteiger partial charge is 0.473 e. The molecule has 0 aromatic heterocycles. The van der Waals surface area contributed by atoms with E-state index >= 15 is 0 Å². The van der Waals surface area contributed by atoms with E-state index in [9.17, 15) is 0 Å². The van der Waals surface area contributed by atoms with E-state index < -0.39 is 7.11 Å². The molecule has 0 bridgehead atoms. The third-order valence-corrected chi connectivity index (χ3v) is 4.90. The standard InChI is InChI=1S/C14H13OP/c1-16(2)14-10-6-4-8-12(14)11-7-3-5-9-13(11)15-16/h3-10H,1H2,2H3/t16-/m0/s1. The summed E-state index contributed by atoms with van der Waals surface area (Å²) in [5.74, 6) is 0.965. The molecule has 2 heteroatoms. The molecule has 0 radical (unpaired) electrons. The van der Waals surface area contributed by atoms with Crippen LogP contribution in [0.1, 0.15) is 0 Å². The Hall–Kier alpha value is -1.46. The first kappa shape index (κ1) is 9.74. The second-order valence-electron chi connectivity index (χ2n) is 4.21. The SMILES string of the molecule is C=[P@@]1(C)Oc2ccccc2-c2ccccc21. The van der Waals surface area contributed by atoms with Crippen molar-refractivity contribution in [2.24, 2.45) is 0 Å². The van der Waals surface area contributed by atoms with Gasteiger partial charge in [-0.25, -0.2) is 0 Å². The van der Waals surface area contributed by atoms with Crippen LogP contribution in [0.25, 0.3) is 11.1 Å². The first-order valence-corrected chi connectivity index (χ1v) is 7.62. The van der Waals surface area contributed by atoms with E-state index in [0.717, 1.165) is 5.75 Å². The summed E-state index contributed by atoms with van der Waals surface area (Å²) in [6.07, 6.45) is 4.26. The van der Waals surface area contributed by atoms with Crippen molar-refractivity contribution in [3.63, 3.8) is 0 Å². The lowest BCUT2D eigenvalue weighted by atomic mass is 10.0. The van der Waals surface area contributed by atoms with E-state index in [2.05, 4.69) is 43.3 Å². The fraction of sp³-hybridized carbons (Fsp3) is 0.0714. The van der Waals surface area contributed by atoms with Gasteiger partial charge in [0.15, 0.2) is 0 Å². The minimum Gasteiger partial charge on any atom is -0.473 e. The summed E-state index contributed by atoms with van der Waals surface area (Å²) in [6.45, 7) is 2.11. The second-order valence-corrected chi connectivity index (χ2v) is 7.07. The van der Waals surface area contributed by atoms with E-state index in [-0.39, 0.29) is 0 Å². The Morgan fingerprint density at radius 3 is 2.38 bits per heavy atom. The smallest absolute Gasteiger partial charge is 0.131 e. The molecule has 0 spiro atoms. The van der Waals surface area contributed by atoms with Crippen LogP contribution in [-0.2, 0) is 0 Å². The summed E-state index contributed by atoms with van der Waals surface area (Å²) in [5, 5.41) is 1.26. The molecule has 0 saturated heterocycles. The van der Waals surface area contributed by atoms with Crippen LogP contribution in [0.5, 0.6) is 5.75 Å². The number of fused-ring (bicyclic) bond motifs is 3. The van der Waals surface area contributed by atoms with Crippen molar-refractivity contribution in [1.29, 1.82) is 0 Å². The third kappa shape index (κ3) is 1.32. The average molecular weight is 228 g/mol. The lowest BCUT2D eigenvalue weighted by molar-refractivity contribution is 0.622. The fourth-order valence-electron chi connectivity index (χ4n) is 2.15. The van der Waals surface area contributed by atoms with Gasteiger partial charge in [0.2, 0.25) is 0 Å². The monoisotopic (exact) mass is 228 g/mol. The molecular formula is C14H13OP. The van der Waals surface area contributed by atoms with Crippen molar-refractivity contribution in [3.05, 3.63) is 48.5 Å². The second kappa shape index (κ2) is 3.26. The molecule has 2 aromatic carbocycles. The molecule has 1 atom stereocenters. The van der Waals surface area contributed by atoms with Gasteiger partial charge >= 0.3 is 0 Å². The summed E-state index contributed by atoms with van der Waals surface area (Å²) in [7, 11) is -1.71. The van der Waals surface area contributed by atoms with Crippen LogP contribution < -0.4 is 9.83 Å². The van der Waals surface area contributed by atoms with Crippen LogP contribution >= 0.6 is 7.11 Å². The highest BCUT2D eigenvalue weighted by atomic mass is 31.2. The quantitative estimate of drug-likeness (QED) is 0.628. The molecule has 1 nitrogen and oxygen atoms in total. The maximum atomic E-state index is 6.05. The topological polar surface area (TPSA) is 9.23 Å². The zero-order valence-electron chi connectivity index (χ0n) is 9.18. The molecule has 0 aliphatic carbocycles. The van der Waals surface area contributed by atoms with Gasteiger partial charge in [0, 0.05) is 10.9 Å². The third-order valence-electron chi connectivity index (χ3n) is 2.89. The van der Waals surface area contributed by atoms with Gasteiger partial charge in [-0.1, -0.05) is 48.8 Å². The van der Waals surface area contributed by atoms with Crippen LogP contribution in [0.2, 0.25) is 0 Å². The van der Waals surface area contributed by atoms with Gasteiger partial charge in [-0.15, -0.1) is 0 Å². The van der Waals surface area contributed by atoms with Crippen LogP contribution in [0.3, 0.4) is 0 Å². The maximum Gasteiger partial charge on any atom is 0.131 e. The summed E-state index contributed by atoms with van der Waals surface area (Å²) in [6, 6.07) is 16.6. The van der Waals surface area contributed by atoms with Crippen LogP contribution in [-0.4, -0.2) is 13.0 Å². The Morgan fingerprint density at radius 2 is 1.56 bits per heavy atom. The lowest BCUT2D eigenvalue weighted by Crippen LogP contribution is -2.16. The summed E-state index contributed by atoms with van der Waals surface area (Å²) in [5.41, 5.74) is 2.45. The molecule has 0 fully saturated rings. The number of hydrogen-bond donors (Lipinski definition) is 0. The molecule has 1 aliphatic heterocycles. The molecule has 2 aromatic rings. The molecule has 0 amide bonds. The molecule has 80 valence electrons. The normalized spacial score (nSPS) is 21.8. The Bertz CT molecular complexity index is 601. The van der Waals surface area contributed by atoms with Crippen molar-refractivity contribution in [1.82, 2.24) is 0 Å². The zero-order valence-corrected chi connectivity index (χ0v) is 10.1. The highest BCUT2D eigenvalue weighted by Gasteiger charge is 2.25. The van der Waals surface area contributed by atoms with Crippen molar-refractivity contribution in [3.8, 4) is 16.9 Å². The van der Waals surface area contributed by atoms with Gasteiger partial charge in [-0.05, 0) is 18.3 Å². The van der Waals surface area contributed by atoms with Crippen molar-refractivity contribution in [2.75, 3.05) is 6.66 Å². The molecule has 3 rings (SSSR count). The maximum absolute atomic E-state index is 6.05. The minimum atomic E-state index is -1.71. The Kier molecular flexibility index (Phi) is 1.99. The van der Waals surface area contributed by atoms with Crippen molar-refractivity contribution >= 4 is 18.7 Å². The number of benzene rings is 2. The van der Waals surface area contributed by atoms with Crippen molar-refractivity contribution < 1.29 is 4.52 Å². The van der Waals surface area contributed by atoms with E-state index in [1.807, 2.05) is 18.2 Å². The summed E-state index contributed by atoms with van der Waals surface area (Å²) in [4.78, 5) is 0. The number of para-hydroxylation sites is 1.